The van der Waals surface area contributed by atoms with Gasteiger partial charge in [0, 0.05) is 29.8 Å². The fourth-order valence-corrected chi connectivity index (χ4v) is 3.19. The topological polar surface area (TPSA) is 58.6 Å². The summed E-state index contributed by atoms with van der Waals surface area (Å²) in [5.41, 5.74) is 0.822. The van der Waals surface area contributed by atoms with Gasteiger partial charge in [0.25, 0.3) is 0 Å². The molecule has 1 atom stereocenters. The number of anilines is 1. The molecule has 1 saturated heterocycles. The molecule has 0 bridgehead atoms. The maximum atomic E-state index is 13.6. The van der Waals surface area contributed by atoms with Gasteiger partial charge in [0.2, 0.25) is 11.8 Å². The summed E-state index contributed by atoms with van der Waals surface area (Å²) < 4.78 is 19.2. The maximum absolute atomic E-state index is 13.6. The van der Waals surface area contributed by atoms with Crippen molar-refractivity contribution in [3.05, 3.63) is 59.9 Å². The fourth-order valence-electron chi connectivity index (χ4n) is 3.19. The minimum Gasteiger partial charge on any atom is -0.489 e. The molecule has 0 saturated carbocycles. The van der Waals surface area contributed by atoms with Gasteiger partial charge < -0.3 is 15.0 Å². The molecule has 1 aliphatic rings. The summed E-state index contributed by atoms with van der Waals surface area (Å²) in [6.45, 7) is 6.45. The molecule has 1 heterocycles. The number of ether oxygens (including phenoxy) is 1. The molecule has 6 heteroatoms. The lowest BCUT2D eigenvalue weighted by Gasteiger charge is -2.31. The van der Waals surface area contributed by atoms with E-state index in [-0.39, 0.29) is 42.1 Å². The third kappa shape index (κ3) is 4.68. The van der Waals surface area contributed by atoms with Crippen LogP contribution < -0.4 is 10.1 Å². The molecule has 0 unspecified atom stereocenters. The molecular weight excluding hydrogens is 359 g/mol. The Hall–Kier alpha value is -2.89. The van der Waals surface area contributed by atoms with E-state index in [2.05, 4.69) is 5.32 Å². The predicted molar refractivity (Wildman–Crippen MR) is 105 cm³/mol. The van der Waals surface area contributed by atoms with Crippen molar-refractivity contribution in [3.63, 3.8) is 0 Å². The SMILES string of the molecule is CC(C)(C)N1C[C@@H](C(=O)Nc2ccc(OCc3ccccc3F)cc2)CC1=O. The van der Waals surface area contributed by atoms with Crippen LogP contribution in [-0.4, -0.2) is 28.8 Å². The molecule has 28 heavy (non-hydrogen) atoms. The Morgan fingerprint density at radius 2 is 1.86 bits per heavy atom. The van der Waals surface area contributed by atoms with Crippen molar-refractivity contribution in [1.82, 2.24) is 4.90 Å². The first-order valence-corrected chi connectivity index (χ1v) is 9.31. The summed E-state index contributed by atoms with van der Waals surface area (Å²) in [4.78, 5) is 26.4. The smallest absolute Gasteiger partial charge is 0.229 e. The van der Waals surface area contributed by atoms with Crippen LogP contribution in [-0.2, 0) is 16.2 Å². The number of amides is 2. The molecule has 1 N–H and O–H groups in total. The number of nitrogens with zero attached hydrogens (tertiary/aromatic N) is 1. The van der Waals surface area contributed by atoms with Crippen molar-refractivity contribution in [3.8, 4) is 5.75 Å². The Morgan fingerprint density at radius 1 is 1.18 bits per heavy atom. The highest BCUT2D eigenvalue weighted by molar-refractivity contribution is 5.97. The number of rotatable bonds is 5. The van der Waals surface area contributed by atoms with Crippen LogP contribution in [0.15, 0.2) is 48.5 Å². The average Bonchev–Trinajstić information content (AvgIpc) is 3.05. The van der Waals surface area contributed by atoms with Crippen molar-refractivity contribution in [2.75, 3.05) is 11.9 Å². The number of benzene rings is 2. The van der Waals surface area contributed by atoms with Gasteiger partial charge in [0.1, 0.15) is 18.2 Å². The van der Waals surface area contributed by atoms with Crippen molar-refractivity contribution in [1.29, 1.82) is 0 Å². The van der Waals surface area contributed by atoms with Crippen LogP contribution in [0.5, 0.6) is 5.75 Å². The molecule has 0 radical (unpaired) electrons. The normalized spacial score (nSPS) is 16.9. The number of carbonyl (C=O) groups is 2. The summed E-state index contributed by atoms with van der Waals surface area (Å²) in [6, 6.07) is 13.4. The fraction of sp³-hybridized carbons (Fsp3) is 0.364. The molecule has 0 spiro atoms. The van der Waals surface area contributed by atoms with Gasteiger partial charge in [-0.2, -0.15) is 0 Å². The van der Waals surface area contributed by atoms with E-state index in [0.29, 0.717) is 23.5 Å². The average molecular weight is 384 g/mol. The van der Waals surface area contributed by atoms with Gasteiger partial charge >= 0.3 is 0 Å². The molecule has 1 fully saturated rings. The monoisotopic (exact) mass is 384 g/mol. The molecule has 2 amide bonds. The molecule has 2 aromatic carbocycles. The maximum Gasteiger partial charge on any atom is 0.229 e. The zero-order chi connectivity index (χ0) is 20.3. The number of carbonyl (C=O) groups excluding carboxylic acids is 2. The Kier molecular flexibility index (Phi) is 5.68. The van der Waals surface area contributed by atoms with Gasteiger partial charge in [-0.05, 0) is 51.1 Å². The van der Waals surface area contributed by atoms with Crippen molar-refractivity contribution in [2.45, 2.75) is 39.3 Å². The van der Waals surface area contributed by atoms with E-state index in [0.717, 1.165) is 0 Å². The zero-order valence-corrected chi connectivity index (χ0v) is 16.4. The van der Waals surface area contributed by atoms with E-state index in [1.165, 1.54) is 6.07 Å². The summed E-state index contributed by atoms with van der Waals surface area (Å²) in [5, 5.41) is 2.85. The molecule has 0 aromatic heterocycles. The van der Waals surface area contributed by atoms with Crippen LogP contribution in [0.3, 0.4) is 0 Å². The van der Waals surface area contributed by atoms with Crippen LogP contribution in [0.2, 0.25) is 0 Å². The Morgan fingerprint density at radius 3 is 2.46 bits per heavy atom. The molecule has 2 aromatic rings. The van der Waals surface area contributed by atoms with E-state index in [4.69, 9.17) is 4.74 Å². The van der Waals surface area contributed by atoms with E-state index < -0.39 is 0 Å². The number of nitrogens with one attached hydrogen (secondary N) is 1. The quantitative estimate of drug-likeness (QED) is 0.848. The predicted octanol–water partition coefficient (Wildman–Crippen LogP) is 3.99. The first-order chi connectivity index (χ1) is 13.2. The van der Waals surface area contributed by atoms with Crippen LogP contribution in [0.1, 0.15) is 32.8 Å². The number of hydrogen-bond donors (Lipinski definition) is 1. The van der Waals surface area contributed by atoms with Gasteiger partial charge in [-0.15, -0.1) is 0 Å². The van der Waals surface area contributed by atoms with E-state index in [9.17, 15) is 14.0 Å². The second kappa shape index (κ2) is 8.00. The van der Waals surface area contributed by atoms with E-state index in [1.54, 1.807) is 47.4 Å². The minimum absolute atomic E-state index is 0.00421. The zero-order valence-electron chi connectivity index (χ0n) is 16.4. The third-order valence-electron chi connectivity index (χ3n) is 4.78. The molecule has 0 aliphatic carbocycles. The lowest BCUT2D eigenvalue weighted by atomic mass is 10.1. The van der Waals surface area contributed by atoms with Crippen molar-refractivity contribution >= 4 is 17.5 Å². The van der Waals surface area contributed by atoms with Gasteiger partial charge in [-0.3, -0.25) is 9.59 Å². The molecule has 5 nitrogen and oxygen atoms in total. The van der Waals surface area contributed by atoms with E-state index >= 15 is 0 Å². The Balaban J connectivity index is 1.55. The van der Waals surface area contributed by atoms with Gasteiger partial charge in [-0.1, -0.05) is 18.2 Å². The number of hydrogen-bond acceptors (Lipinski definition) is 3. The first kappa shape index (κ1) is 19.9. The summed E-state index contributed by atoms with van der Waals surface area (Å²) >= 11 is 0. The highest BCUT2D eigenvalue weighted by Gasteiger charge is 2.39. The standard InChI is InChI=1S/C22H25FN2O3/c1-22(2,3)25-13-16(12-20(25)26)21(27)24-17-8-10-18(11-9-17)28-14-15-6-4-5-7-19(15)23/h4-11,16H,12-14H2,1-3H3,(H,24,27)/t16-/m0/s1. The Bertz CT molecular complexity index is 859. The Labute approximate surface area is 164 Å². The lowest BCUT2D eigenvalue weighted by Crippen LogP contribution is -2.42. The highest BCUT2D eigenvalue weighted by Crippen LogP contribution is 2.27. The second-order valence-corrected chi connectivity index (χ2v) is 7.97. The minimum atomic E-state index is -0.358. The number of likely N-dealkylation sites (tertiary alicyclic amines) is 1. The summed E-state index contributed by atoms with van der Waals surface area (Å²) in [5.74, 6) is -0.244. The van der Waals surface area contributed by atoms with Gasteiger partial charge in [-0.25, -0.2) is 4.39 Å². The second-order valence-electron chi connectivity index (χ2n) is 7.97. The van der Waals surface area contributed by atoms with Gasteiger partial charge in [0.05, 0.1) is 5.92 Å². The number of halogens is 1. The molecule has 1 aliphatic heterocycles. The first-order valence-electron chi connectivity index (χ1n) is 9.31. The largest absolute Gasteiger partial charge is 0.489 e. The van der Waals surface area contributed by atoms with Gasteiger partial charge in [0.15, 0.2) is 0 Å². The highest BCUT2D eigenvalue weighted by atomic mass is 19.1. The van der Waals surface area contributed by atoms with Crippen molar-refractivity contribution < 1.29 is 18.7 Å². The van der Waals surface area contributed by atoms with Crippen LogP contribution in [0, 0.1) is 11.7 Å². The van der Waals surface area contributed by atoms with Crippen LogP contribution in [0.25, 0.3) is 0 Å². The van der Waals surface area contributed by atoms with Crippen molar-refractivity contribution in [2.24, 2.45) is 5.92 Å². The third-order valence-corrected chi connectivity index (χ3v) is 4.78. The summed E-state index contributed by atoms with van der Waals surface area (Å²) in [6.07, 6.45) is 0.229. The lowest BCUT2D eigenvalue weighted by molar-refractivity contribution is -0.131. The van der Waals surface area contributed by atoms with Crippen LogP contribution in [0.4, 0.5) is 10.1 Å². The molecular formula is C22H25FN2O3. The molecule has 3 rings (SSSR count). The summed E-state index contributed by atoms with van der Waals surface area (Å²) in [7, 11) is 0. The van der Waals surface area contributed by atoms with E-state index in [1.807, 2.05) is 20.8 Å². The van der Waals surface area contributed by atoms with Crippen LogP contribution >= 0.6 is 0 Å². The molecule has 148 valence electrons.